The van der Waals surface area contributed by atoms with Crippen LogP contribution in [-0.2, 0) is 0 Å². The molecule has 0 aromatic heterocycles. The Morgan fingerprint density at radius 2 is 1.28 bits per heavy atom. The fourth-order valence-electron chi connectivity index (χ4n) is 2.71. The van der Waals surface area contributed by atoms with Gasteiger partial charge in [-0.15, -0.1) is 0 Å². The Bertz CT molecular complexity index is 156. The van der Waals surface area contributed by atoms with Gasteiger partial charge < -0.3 is 5.11 Å². The maximum atomic E-state index is 9.92. The van der Waals surface area contributed by atoms with Crippen molar-refractivity contribution in [3.8, 4) is 0 Å². The van der Waals surface area contributed by atoms with Crippen LogP contribution in [0, 0.1) is 5.92 Å². The van der Waals surface area contributed by atoms with Crippen molar-refractivity contribution in [3.63, 3.8) is 0 Å². The normalized spacial score (nSPS) is 14.7. The van der Waals surface area contributed by atoms with Crippen LogP contribution in [0.15, 0.2) is 0 Å². The summed E-state index contributed by atoms with van der Waals surface area (Å²) in [6.07, 6.45) is 15.3. The molecule has 110 valence electrons. The first-order valence-electron chi connectivity index (χ1n) is 8.38. The Kier molecular flexibility index (Phi) is 13.4. The molecular formula is C17H36O. The first kappa shape index (κ1) is 18.0. The Morgan fingerprint density at radius 3 is 1.83 bits per heavy atom. The SMILES string of the molecule is CCCCCCCCCC[C@@H](O)C[C@H](C)CCC. The molecule has 0 unspecified atom stereocenters. The summed E-state index contributed by atoms with van der Waals surface area (Å²) < 4.78 is 0. The van der Waals surface area contributed by atoms with E-state index in [1.165, 1.54) is 64.2 Å². The van der Waals surface area contributed by atoms with E-state index in [1.54, 1.807) is 0 Å². The van der Waals surface area contributed by atoms with E-state index in [1.807, 2.05) is 0 Å². The van der Waals surface area contributed by atoms with Gasteiger partial charge in [0.05, 0.1) is 6.10 Å². The molecular weight excluding hydrogens is 220 g/mol. The van der Waals surface area contributed by atoms with Gasteiger partial charge in [-0.2, -0.15) is 0 Å². The highest BCUT2D eigenvalue weighted by molar-refractivity contribution is 4.61. The van der Waals surface area contributed by atoms with Crippen LogP contribution in [0.5, 0.6) is 0 Å². The molecule has 0 aliphatic carbocycles. The van der Waals surface area contributed by atoms with Gasteiger partial charge in [0.15, 0.2) is 0 Å². The van der Waals surface area contributed by atoms with Crippen LogP contribution in [0.4, 0.5) is 0 Å². The van der Waals surface area contributed by atoms with Crippen LogP contribution >= 0.6 is 0 Å². The Hall–Kier alpha value is -0.0400. The van der Waals surface area contributed by atoms with Gasteiger partial charge in [-0.1, -0.05) is 85.0 Å². The fourth-order valence-corrected chi connectivity index (χ4v) is 2.71. The third-order valence-electron chi connectivity index (χ3n) is 3.85. The fraction of sp³-hybridized carbons (Fsp3) is 1.00. The molecule has 0 amide bonds. The highest BCUT2D eigenvalue weighted by Gasteiger charge is 2.09. The molecule has 0 aliphatic heterocycles. The zero-order chi connectivity index (χ0) is 13.6. The zero-order valence-corrected chi connectivity index (χ0v) is 13.1. The molecule has 0 rings (SSSR count). The molecule has 1 nitrogen and oxygen atoms in total. The first-order valence-corrected chi connectivity index (χ1v) is 8.38. The standard InChI is InChI=1S/C17H36O/c1-4-6-7-8-9-10-11-12-14-17(18)15-16(3)13-5-2/h16-18H,4-15H2,1-3H3/t16-,17-/m1/s1. The molecule has 0 bridgehead atoms. The second kappa shape index (κ2) is 13.4. The van der Waals surface area contributed by atoms with Crippen molar-refractivity contribution in [2.24, 2.45) is 5.92 Å². The van der Waals surface area contributed by atoms with Crippen molar-refractivity contribution in [2.45, 2.75) is 104 Å². The molecule has 2 atom stereocenters. The predicted octanol–water partition coefficient (Wildman–Crippen LogP) is 5.70. The Balaban J connectivity index is 3.22. The van der Waals surface area contributed by atoms with Crippen LogP contribution in [0.1, 0.15) is 97.8 Å². The van der Waals surface area contributed by atoms with Gasteiger partial charge in [0.1, 0.15) is 0 Å². The molecule has 1 heteroatoms. The molecule has 0 aliphatic rings. The predicted molar refractivity (Wildman–Crippen MR) is 81.9 cm³/mol. The van der Waals surface area contributed by atoms with Crippen LogP contribution in [-0.4, -0.2) is 11.2 Å². The summed E-state index contributed by atoms with van der Waals surface area (Å²) in [6, 6.07) is 0. The van der Waals surface area contributed by atoms with Gasteiger partial charge >= 0.3 is 0 Å². The highest BCUT2D eigenvalue weighted by atomic mass is 16.3. The largest absolute Gasteiger partial charge is 0.393 e. The minimum atomic E-state index is -0.0494. The average Bonchev–Trinajstić information content (AvgIpc) is 2.32. The van der Waals surface area contributed by atoms with E-state index in [9.17, 15) is 5.11 Å². The molecule has 0 aromatic carbocycles. The summed E-state index contributed by atoms with van der Waals surface area (Å²) in [6.45, 7) is 6.75. The summed E-state index contributed by atoms with van der Waals surface area (Å²) >= 11 is 0. The van der Waals surface area contributed by atoms with Crippen LogP contribution in [0.2, 0.25) is 0 Å². The van der Waals surface area contributed by atoms with E-state index in [2.05, 4.69) is 20.8 Å². The number of aliphatic hydroxyl groups is 1. The summed E-state index contributed by atoms with van der Waals surface area (Å²) in [4.78, 5) is 0. The summed E-state index contributed by atoms with van der Waals surface area (Å²) in [5.74, 6) is 0.694. The number of hydrogen-bond donors (Lipinski definition) is 1. The smallest absolute Gasteiger partial charge is 0.0542 e. The van der Waals surface area contributed by atoms with Crippen molar-refractivity contribution in [2.75, 3.05) is 0 Å². The Morgan fingerprint density at radius 1 is 0.722 bits per heavy atom. The lowest BCUT2D eigenvalue weighted by Crippen LogP contribution is -2.11. The average molecular weight is 256 g/mol. The van der Waals surface area contributed by atoms with Crippen LogP contribution in [0.3, 0.4) is 0 Å². The monoisotopic (exact) mass is 256 g/mol. The van der Waals surface area contributed by atoms with E-state index in [0.29, 0.717) is 5.92 Å². The minimum absolute atomic E-state index is 0.0494. The number of aliphatic hydroxyl groups excluding tert-OH is 1. The maximum Gasteiger partial charge on any atom is 0.0542 e. The molecule has 0 fully saturated rings. The van der Waals surface area contributed by atoms with Gasteiger partial charge in [0.25, 0.3) is 0 Å². The van der Waals surface area contributed by atoms with Gasteiger partial charge in [0.2, 0.25) is 0 Å². The number of hydrogen-bond acceptors (Lipinski definition) is 1. The van der Waals surface area contributed by atoms with E-state index in [4.69, 9.17) is 0 Å². The van der Waals surface area contributed by atoms with E-state index >= 15 is 0 Å². The molecule has 0 saturated carbocycles. The highest BCUT2D eigenvalue weighted by Crippen LogP contribution is 2.17. The summed E-state index contributed by atoms with van der Waals surface area (Å²) in [5.41, 5.74) is 0. The third kappa shape index (κ3) is 12.4. The molecule has 0 radical (unpaired) electrons. The molecule has 1 N–H and O–H groups in total. The first-order chi connectivity index (χ1) is 8.70. The van der Waals surface area contributed by atoms with Gasteiger partial charge in [-0.3, -0.25) is 0 Å². The van der Waals surface area contributed by atoms with Gasteiger partial charge in [-0.25, -0.2) is 0 Å². The van der Waals surface area contributed by atoms with Crippen molar-refractivity contribution >= 4 is 0 Å². The molecule has 0 saturated heterocycles. The minimum Gasteiger partial charge on any atom is -0.393 e. The van der Waals surface area contributed by atoms with E-state index < -0.39 is 0 Å². The van der Waals surface area contributed by atoms with Crippen LogP contribution < -0.4 is 0 Å². The topological polar surface area (TPSA) is 20.2 Å². The number of unbranched alkanes of at least 4 members (excludes halogenated alkanes) is 7. The van der Waals surface area contributed by atoms with Crippen LogP contribution in [0.25, 0.3) is 0 Å². The quantitative estimate of drug-likeness (QED) is 0.419. The van der Waals surface area contributed by atoms with Crippen molar-refractivity contribution < 1.29 is 5.11 Å². The molecule has 0 spiro atoms. The van der Waals surface area contributed by atoms with E-state index in [-0.39, 0.29) is 6.10 Å². The van der Waals surface area contributed by atoms with Crippen molar-refractivity contribution in [1.82, 2.24) is 0 Å². The lowest BCUT2D eigenvalue weighted by atomic mass is 9.96. The molecule has 18 heavy (non-hydrogen) atoms. The molecule has 0 heterocycles. The Labute approximate surface area is 115 Å². The van der Waals surface area contributed by atoms with Crippen molar-refractivity contribution in [3.05, 3.63) is 0 Å². The summed E-state index contributed by atoms with van der Waals surface area (Å²) in [5, 5.41) is 9.92. The summed E-state index contributed by atoms with van der Waals surface area (Å²) in [7, 11) is 0. The van der Waals surface area contributed by atoms with Gasteiger partial charge in [0, 0.05) is 0 Å². The zero-order valence-electron chi connectivity index (χ0n) is 13.1. The van der Waals surface area contributed by atoms with E-state index in [0.717, 1.165) is 12.8 Å². The lowest BCUT2D eigenvalue weighted by molar-refractivity contribution is 0.131. The second-order valence-corrected chi connectivity index (χ2v) is 6.05. The second-order valence-electron chi connectivity index (χ2n) is 6.05. The van der Waals surface area contributed by atoms with Crippen molar-refractivity contribution in [1.29, 1.82) is 0 Å². The third-order valence-corrected chi connectivity index (χ3v) is 3.85. The number of rotatable bonds is 13. The van der Waals surface area contributed by atoms with Gasteiger partial charge in [-0.05, 0) is 18.8 Å². The lowest BCUT2D eigenvalue weighted by Gasteiger charge is -2.15. The maximum absolute atomic E-state index is 9.92. The molecule has 0 aromatic rings.